The van der Waals surface area contributed by atoms with Gasteiger partial charge in [0.25, 0.3) is 0 Å². The Morgan fingerprint density at radius 3 is 2.55 bits per heavy atom. The van der Waals surface area contributed by atoms with E-state index in [2.05, 4.69) is 54.9 Å². The minimum absolute atomic E-state index is 0.129. The van der Waals surface area contributed by atoms with E-state index in [1.54, 1.807) is 6.92 Å². The van der Waals surface area contributed by atoms with Crippen molar-refractivity contribution in [2.45, 2.75) is 46.0 Å². The largest absolute Gasteiger partial charge is 0.573 e. The molecule has 1 aliphatic heterocycles. The maximum atomic E-state index is 13.0. The van der Waals surface area contributed by atoms with Gasteiger partial charge in [-0.1, -0.05) is 71.9 Å². The summed E-state index contributed by atoms with van der Waals surface area (Å²) in [6.07, 6.45) is -1.46. The summed E-state index contributed by atoms with van der Waals surface area (Å²) in [7, 11) is 0. The zero-order chi connectivity index (χ0) is 33.9. The molecule has 1 unspecified atom stereocenters. The molecule has 1 aromatic heterocycles. The molecule has 0 bridgehead atoms. The van der Waals surface area contributed by atoms with Crippen LogP contribution in [0.4, 0.5) is 23.7 Å². The molecule has 47 heavy (non-hydrogen) atoms. The minimum Gasteiger partial charge on any atom is -0.406 e. The van der Waals surface area contributed by atoms with Crippen molar-refractivity contribution in [3.63, 3.8) is 0 Å². The number of halogens is 4. The predicted octanol–water partition coefficient (Wildman–Crippen LogP) is 8.23. The molecule has 9 nitrogen and oxygen atoms in total. The second-order valence-electron chi connectivity index (χ2n) is 11.0. The van der Waals surface area contributed by atoms with Crippen LogP contribution in [0, 0.1) is 6.92 Å². The van der Waals surface area contributed by atoms with Crippen LogP contribution in [0.15, 0.2) is 82.5 Å². The van der Waals surface area contributed by atoms with Crippen LogP contribution in [-0.4, -0.2) is 50.0 Å². The number of benzene rings is 3. The number of alkyl halides is 3. The second kappa shape index (κ2) is 14.1. The summed E-state index contributed by atoms with van der Waals surface area (Å²) in [5.74, 6) is 0.320. The Bertz CT molecular complexity index is 1860. The molecule has 1 saturated heterocycles. The van der Waals surface area contributed by atoms with E-state index >= 15 is 0 Å². The summed E-state index contributed by atoms with van der Waals surface area (Å²) in [4.78, 5) is 36.0. The highest BCUT2D eigenvalue weighted by Gasteiger charge is 2.33. The fraction of sp³-hybridized carbons (Fsp3) is 0.242. The molecule has 3 aromatic carbocycles. The highest BCUT2D eigenvalue weighted by atomic mass is 79.9. The zero-order valence-corrected chi connectivity index (χ0v) is 28.2. The van der Waals surface area contributed by atoms with Crippen molar-refractivity contribution in [2.75, 3.05) is 10.7 Å². The summed E-state index contributed by atoms with van der Waals surface area (Å²) in [6.45, 7) is 7.87. The van der Waals surface area contributed by atoms with Gasteiger partial charge in [-0.3, -0.25) is 9.69 Å². The van der Waals surface area contributed by atoms with Gasteiger partial charge in [0, 0.05) is 10.0 Å². The Morgan fingerprint density at radius 1 is 1.11 bits per heavy atom. The SMILES string of the molecule is Cc1ccc(C(C)C)c(N2C(=O)CS/C2=N\C(=O)NC(C)/C(Br)=C\c2cccc(-c3ncn(-c4ccc(OC(F)(F)F)cc4)n3)c2)c1. The van der Waals surface area contributed by atoms with E-state index < -0.39 is 18.4 Å². The first-order chi connectivity index (χ1) is 22.3. The van der Waals surface area contributed by atoms with Crippen LogP contribution in [0.5, 0.6) is 5.75 Å². The van der Waals surface area contributed by atoms with Gasteiger partial charge >= 0.3 is 12.4 Å². The monoisotopic (exact) mass is 726 g/mol. The van der Waals surface area contributed by atoms with Gasteiger partial charge < -0.3 is 10.1 Å². The Balaban J connectivity index is 1.27. The number of urea groups is 1. The van der Waals surface area contributed by atoms with Gasteiger partial charge in [-0.05, 0) is 78.9 Å². The van der Waals surface area contributed by atoms with Gasteiger partial charge in [-0.25, -0.2) is 14.5 Å². The van der Waals surface area contributed by atoms with Crippen molar-refractivity contribution < 1.29 is 27.5 Å². The molecule has 1 atom stereocenters. The number of anilines is 1. The number of thioether (sulfide) groups is 1. The number of rotatable bonds is 8. The molecule has 14 heteroatoms. The van der Waals surface area contributed by atoms with Crippen molar-refractivity contribution in [2.24, 2.45) is 4.99 Å². The molecular formula is C33H30BrF3N6O3S. The number of aromatic nitrogens is 3. The first kappa shape index (κ1) is 33.9. The number of nitrogens with zero attached hydrogens (tertiary/aromatic N) is 5. The number of carbonyl (C=O) groups excluding carboxylic acids is 2. The number of amides is 3. The van der Waals surface area contributed by atoms with E-state index in [1.807, 2.05) is 55.5 Å². The highest BCUT2D eigenvalue weighted by molar-refractivity contribution is 9.11. The molecule has 3 amide bonds. The van der Waals surface area contributed by atoms with Crippen LogP contribution in [0.1, 0.15) is 43.4 Å². The summed E-state index contributed by atoms with van der Waals surface area (Å²) in [5.41, 5.74) is 4.75. The third kappa shape index (κ3) is 8.49. The van der Waals surface area contributed by atoms with E-state index in [9.17, 15) is 22.8 Å². The predicted molar refractivity (Wildman–Crippen MR) is 181 cm³/mol. The van der Waals surface area contributed by atoms with Crippen LogP contribution in [0.3, 0.4) is 0 Å². The number of aryl methyl sites for hydroxylation is 1. The number of ether oxygens (including phenoxy) is 1. The molecule has 1 aliphatic rings. The topological polar surface area (TPSA) is 102 Å². The van der Waals surface area contributed by atoms with Gasteiger partial charge in [0.1, 0.15) is 12.1 Å². The Morgan fingerprint density at radius 2 is 1.85 bits per heavy atom. The summed E-state index contributed by atoms with van der Waals surface area (Å²) < 4.78 is 43.5. The number of hydrogen-bond donors (Lipinski definition) is 1. The first-order valence-corrected chi connectivity index (χ1v) is 16.3. The Kier molecular flexibility index (Phi) is 10.2. The molecule has 1 N–H and O–H groups in total. The van der Waals surface area contributed by atoms with Crippen LogP contribution in [-0.2, 0) is 4.79 Å². The van der Waals surface area contributed by atoms with Crippen molar-refractivity contribution >= 4 is 56.6 Å². The van der Waals surface area contributed by atoms with Crippen molar-refractivity contribution in [3.05, 3.63) is 94.2 Å². The quantitative estimate of drug-likeness (QED) is 0.196. The molecule has 4 aromatic rings. The summed E-state index contributed by atoms with van der Waals surface area (Å²) in [6, 6.07) is 17.6. The van der Waals surface area contributed by atoms with Gasteiger partial charge in [0.05, 0.1) is 23.2 Å². The molecule has 0 spiro atoms. The average molecular weight is 728 g/mol. The van der Waals surface area contributed by atoms with E-state index in [0.717, 1.165) is 22.4 Å². The van der Waals surface area contributed by atoms with E-state index in [-0.39, 0.29) is 23.3 Å². The van der Waals surface area contributed by atoms with Crippen molar-refractivity contribution in [1.29, 1.82) is 0 Å². The molecule has 1 fully saturated rings. The van der Waals surface area contributed by atoms with Gasteiger partial charge in [-0.2, -0.15) is 4.99 Å². The highest BCUT2D eigenvalue weighted by Crippen LogP contribution is 2.34. The fourth-order valence-electron chi connectivity index (χ4n) is 4.76. The van der Waals surface area contributed by atoms with Gasteiger partial charge in [-0.15, -0.1) is 18.3 Å². The van der Waals surface area contributed by atoms with E-state index in [1.165, 1.54) is 51.9 Å². The standard InChI is InChI=1S/C33H30BrF3N6O3S/c1-19(2)26-13-8-20(3)14-28(26)43-29(44)17-47-32(43)40-31(45)39-21(4)27(34)16-22-6-5-7-23(15-22)30-38-18-42(41-30)24-9-11-25(12-10-24)46-33(35,36)37/h5-16,18-19,21H,17H2,1-4H3,(H,39,45)/b27-16+,40-32-. The van der Waals surface area contributed by atoms with Crippen molar-refractivity contribution in [1.82, 2.24) is 20.1 Å². The number of amidine groups is 1. The minimum atomic E-state index is -4.77. The zero-order valence-electron chi connectivity index (χ0n) is 25.7. The molecule has 0 aliphatic carbocycles. The lowest BCUT2D eigenvalue weighted by Gasteiger charge is -2.22. The maximum Gasteiger partial charge on any atom is 0.573 e. The molecule has 5 rings (SSSR count). The molecular weight excluding hydrogens is 697 g/mol. The van der Waals surface area contributed by atoms with Crippen LogP contribution in [0.2, 0.25) is 0 Å². The Hall–Kier alpha value is -4.43. The molecule has 0 saturated carbocycles. The van der Waals surface area contributed by atoms with Crippen LogP contribution in [0.25, 0.3) is 23.2 Å². The molecule has 2 heterocycles. The summed E-state index contributed by atoms with van der Waals surface area (Å²) >= 11 is 4.79. The first-order valence-electron chi connectivity index (χ1n) is 14.5. The number of carbonyl (C=O) groups is 2. The maximum absolute atomic E-state index is 13.0. The van der Waals surface area contributed by atoms with Crippen molar-refractivity contribution in [3.8, 4) is 22.8 Å². The number of nitrogens with one attached hydrogen (secondary N) is 1. The number of aliphatic imine (C=N–C) groups is 1. The smallest absolute Gasteiger partial charge is 0.406 e. The normalized spacial score (nSPS) is 15.4. The van der Waals surface area contributed by atoms with E-state index in [4.69, 9.17) is 0 Å². The average Bonchev–Trinajstić information content (AvgIpc) is 3.63. The Labute approximate surface area is 282 Å². The van der Waals surface area contributed by atoms with Gasteiger partial charge in [0.2, 0.25) is 5.91 Å². The van der Waals surface area contributed by atoms with Crippen LogP contribution >= 0.6 is 27.7 Å². The second-order valence-corrected chi connectivity index (χ2v) is 12.9. The molecule has 0 radical (unpaired) electrons. The lowest BCUT2D eigenvalue weighted by Crippen LogP contribution is -2.34. The third-order valence-corrected chi connectivity index (χ3v) is 8.88. The third-order valence-electron chi connectivity index (χ3n) is 7.04. The number of hydrogen-bond acceptors (Lipinski definition) is 6. The lowest BCUT2D eigenvalue weighted by molar-refractivity contribution is -0.274. The van der Waals surface area contributed by atoms with E-state index in [0.29, 0.717) is 26.7 Å². The van der Waals surface area contributed by atoms with Gasteiger partial charge in [0.15, 0.2) is 11.0 Å². The lowest BCUT2D eigenvalue weighted by atomic mass is 9.99. The summed E-state index contributed by atoms with van der Waals surface area (Å²) in [5, 5.41) is 7.65. The molecule has 244 valence electrons. The fourth-order valence-corrected chi connectivity index (χ4v) is 6.00. The van der Waals surface area contributed by atoms with Crippen LogP contribution < -0.4 is 15.0 Å².